The highest BCUT2D eigenvalue weighted by Gasteiger charge is 2.17. The molecule has 0 saturated heterocycles. The second-order valence-corrected chi connectivity index (χ2v) is 13.3. The molecule has 0 aliphatic rings. The third-order valence-electron chi connectivity index (χ3n) is 10.1. The first kappa shape index (κ1) is 30.6. The molecule has 7 aromatic carbocycles. The van der Waals surface area contributed by atoms with Gasteiger partial charge in [0.1, 0.15) is 0 Å². The summed E-state index contributed by atoms with van der Waals surface area (Å²) in [5.41, 5.74) is 12.8. The van der Waals surface area contributed by atoms with Crippen LogP contribution in [0, 0.1) is 0 Å². The van der Waals surface area contributed by atoms with Crippen molar-refractivity contribution in [3.05, 3.63) is 194 Å². The summed E-state index contributed by atoms with van der Waals surface area (Å²) in [5, 5.41) is 4.82. The van der Waals surface area contributed by atoms with E-state index in [4.69, 9.17) is 9.97 Å². The van der Waals surface area contributed by atoms with Crippen LogP contribution in [0.2, 0.25) is 0 Å². The maximum absolute atomic E-state index is 5.21. The van der Waals surface area contributed by atoms with Crippen molar-refractivity contribution in [3.8, 4) is 61.8 Å². The molecule has 0 fully saturated rings. The third-order valence-corrected chi connectivity index (χ3v) is 10.1. The summed E-state index contributed by atoms with van der Waals surface area (Å²) >= 11 is 0. The van der Waals surface area contributed by atoms with Crippen molar-refractivity contribution in [1.82, 2.24) is 19.5 Å². The Hall–Kier alpha value is -7.17. The molecule has 3 aromatic heterocycles. The van der Waals surface area contributed by atoms with Gasteiger partial charge in [0.05, 0.1) is 22.4 Å². The number of rotatable bonds is 6. The fourth-order valence-electron chi connectivity index (χ4n) is 7.63. The largest absolute Gasteiger partial charge is 0.309 e. The summed E-state index contributed by atoms with van der Waals surface area (Å²) in [7, 11) is 0. The molecule has 4 nitrogen and oxygen atoms in total. The first-order chi connectivity index (χ1) is 26.3. The van der Waals surface area contributed by atoms with Crippen LogP contribution in [0.25, 0.3) is 94.4 Å². The Bertz CT molecular complexity index is 2890. The number of para-hydroxylation sites is 2. The van der Waals surface area contributed by atoms with Gasteiger partial charge in [-0.3, -0.25) is 4.98 Å². The lowest BCUT2D eigenvalue weighted by atomic mass is 9.93. The van der Waals surface area contributed by atoms with Gasteiger partial charge in [-0.2, -0.15) is 0 Å². The maximum atomic E-state index is 5.21. The van der Waals surface area contributed by atoms with Gasteiger partial charge < -0.3 is 4.57 Å². The van der Waals surface area contributed by atoms with E-state index in [9.17, 15) is 0 Å². The summed E-state index contributed by atoms with van der Waals surface area (Å²) < 4.78 is 2.38. The number of pyridine rings is 1. The average Bonchev–Trinajstić information content (AvgIpc) is 3.58. The number of aromatic nitrogens is 4. The minimum Gasteiger partial charge on any atom is -0.309 e. The van der Waals surface area contributed by atoms with Gasteiger partial charge in [-0.1, -0.05) is 140 Å². The van der Waals surface area contributed by atoms with Gasteiger partial charge in [-0.25, -0.2) is 9.97 Å². The maximum Gasteiger partial charge on any atom is 0.160 e. The minimum atomic E-state index is 0.692. The van der Waals surface area contributed by atoms with Crippen LogP contribution < -0.4 is 0 Å². The Morgan fingerprint density at radius 2 is 0.943 bits per heavy atom. The van der Waals surface area contributed by atoms with Crippen LogP contribution in [-0.2, 0) is 0 Å². The zero-order chi connectivity index (χ0) is 35.1. The van der Waals surface area contributed by atoms with E-state index in [0.29, 0.717) is 5.82 Å². The van der Waals surface area contributed by atoms with Crippen LogP contribution in [0.1, 0.15) is 0 Å². The quantitative estimate of drug-likeness (QED) is 0.176. The SMILES string of the molecule is c1ccc(-c2nc(-c3cccc(-c4cccnc4)c3)cc(-c3ccc(-c4cccc(-n5c6ccccc6c6ccccc65)c4)c4ccccc34)n2)cc1. The molecule has 3 heterocycles. The topological polar surface area (TPSA) is 43.6 Å². The molecule has 0 bridgehead atoms. The fourth-order valence-corrected chi connectivity index (χ4v) is 7.63. The number of nitrogens with zero attached hydrogens (tertiary/aromatic N) is 4. The van der Waals surface area contributed by atoms with Crippen molar-refractivity contribution in [1.29, 1.82) is 0 Å². The van der Waals surface area contributed by atoms with E-state index in [1.165, 1.54) is 32.8 Å². The van der Waals surface area contributed by atoms with E-state index in [1.807, 2.05) is 30.5 Å². The molecule has 10 aromatic rings. The highest BCUT2D eigenvalue weighted by atomic mass is 15.0. The summed E-state index contributed by atoms with van der Waals surface area (Å²) in [4.78, 5) is 14.7. The van der Waals surface area contributed by atoms with E-state index in [2.05, 4.69) is 167 Å². The molecular formula is C49H32N4. The van der Waals surface area contributed by atoms with Crippen molar-refractivity contribution >= 4 is 32.6 Å². The molecule has 0 spiro atoms. The Morgan fingerprint density at radius 1 is 0.358 bits per heavy atom. The molecule has 0 radical (unpaired) electrons. The molecule has 0 aliphatic heterocycles. The number of benzene rings is 7. The lowest BCUT2D eigenvalue weighted by molar-refractivity contribution is 1.18. The fraction of sp³-hybridized carbons (Fsp3) is 0. The van der Waals surface area contributed by atoms with Gasteiger partial charge in [-0.15, -0.1) is 0 Å². The molecule has 0 N–H and O–H groups in total. The molecular weight excluding hydrogens is 645 g/mol. The van der Waals surface area contributed by atoms with Gasteiger partial charge in [0, 0.05) is 51.1 Å². The van der Waals surface area contributed by atoms with Crippen molar-refractivity contribution in [3.63, 3.8) is 0 Å². The van der Waals surface area contributed by atoms with E-state index in [1.54, 1.807) is 6.20 Å². The summed E-state index contributed by atoms with van der Waals surface area (Å²) in [6.07, 6.45) is 3.69. The smallest absolute Gasteiger partial charge is 0.160 e. The van der Waals surface area contributed by atoms with Crippen LogP contribution in [0.15, 0.2) is 194 Å². The zero-order valence-corrected chi connectivity index (χ0v) is 28.8. The number of hydrogen-bond acceptors (Lipinski definition) is 3. The van der Waals surface area contributed by atoms with Crippen LogP contribution >= 0.6 is 0 Å². The molecule has 0 atom stereocenters. The van der Waals surface area contributed by atoms with E-state index >= 15 is 0 Å². The van der Waals surface area contributed by atoms with E-state index in [-0.39, 0.29) is 0 Å². The van der Waals surface area contributed by atoms with Gasteiger partial charge in [0.25, 0.3) is 0 Å². The first-order valence-corrected chi connectivity index (χ1v) is 17.8. The Kier molecular flexibility index (Phi) is 7.43. The van der Waals surface area contributed by atoms with Crippen molar-refractivity contribution < 1.29 is 0 Å². The summed E-state index contributed by atoms with van der Waals surface area (Å²) in [6, 6.07) is 64.2. The monoisotopic (exact) mass is 676 g/mol. The molecule has 248 valence electrons. The van der Waals surface area contributed by atoms with Crippen molar-refractivity contribution in [2.45, 2.75) is 0 Å². The predicted molar refractivity (Wildman–Crippen MR) is 219 cm³/mol. The lowest BCUT2D eigenvalue weighted by Crippen LogP contribution is -1.97. The Balaban J connectivity index is 1.13. The first-order valence-electron chi connectivity index (χ1n) is 17.8. The van der Waals surface area contributed by atoms with Gasteiger partial charge in [0.2, 0.25) is 0 Å². The minimum absolute atomic E-state index is 0.692. The molecule has 0 aliphatic carbocycles. The molecule has 10 rings (SSSR count). The second kappa shape index (κ2) is 12.9. The van der Waals surface area contributed by atoms with Crippen LogP contribution in [0.3, 0.4) is 0 Å². The summed E-state index contributed by atoms with van der Waals surface area (Å²) in [6.45, 7) is 0. The molecule has 0 amide bonds. The molecule has 0 saturated carbocycles. The molecule has 53 heavy (non-hydrogen) atoms. The van der Waals surface area contributed by atoms with Crippen LogP contribution in [0.5, 0.6) is 0 Å². The van der Waals surface area contributed by atoms with E-state index in [0.717, 1.165) is 55.8 Å². The highest BCUT2D eigenvalue weighted by Crippen LogP contribution is 2.39. The zero-order valence-electron chi connectivity index (χ0n) is 28.8. The van der Waals surface area contributed by atoms with Gasteiger partial charge in [-0.05, 0) is 69.9 Å². The second-order valence-electron chi connectivity index (χ2n) is 13.3. The lowest BCUT2D eigenvalue weighted by Gasteiger charge is -2.15. The molecule has 4 heteroatoms. The van der Waals surface area contributed by atoms with Crippen molar-refractivity contribution in [2.24, 2.45) is 0 Å². The van der Waals surface area contributed by atoms with Crippen LogP contribution in [0.4, 0.5) is 0 Å². The van der Waals surface area contributed by atoms with Crippen molar-refractivity contribution in [2.75, 3.05) is 0 Å². The number of hydrogen-bond donors (Lipinski definition) is 0. The standard InChI is InChI=1S/C49H32N4/c1-2-13-33(14-3-1)49-51-45(36-17-10-15-34(29-36)37-18-12-28-50-32-37)31-46(52-49)42-27-26-39(40-20-4-5-21-41(40)42)35-16-11-19-38(30-35)53-47-24-8-6-22-43(47)44-23-7-9-25-48(44)53/h1-32H. The summed E-state index contributed by atoms with van der Waals surface area (Å²) in [5.74, 6) is 0.692. The number of fused-ring (bicyclic) bond motifs is 4. The van der Waals surface area contributed by atoms with E-state index < -0.39 is 0 Å². The predicted octanol–water partition coefficient (Wildman–Crippen LogP) is 12.5. The Labute approximate surface area is 307 Å². The third kappa shape index (κ3) is 5.45. The highest BCUT2D eigenvalue weighted by molar-refractivity contribution is 6.09. The van der Waals surface area contributed by atoms with Gasteiger partial charge >= 0.3 is 0 Å². The van der Waals surface area contributed by atoms with Crippen LogP contribution in [-0.4, -0.2) is 19.5 Å². The Morgan fingerprint density at radius 3 is 1.70 bits per heavy atom. The van der Waals surface area contributed by atoms with Gasteiger partial charge in [0.15, 0.2) is 5.82 Å². The average molecular weight is 677 g/mol. The molecule has 0 unspecified atom stereocenters. The normalized spacial score (nSPS) is 11.4.